The Balaban J connectivity index is 1.57. The second-order valence-electron chi connectivity index (χ2n) is 7.87. The molecule has 3 atom stereocenters. The molecule has 31 heavy (non-hydrogen) atoms. The fourth-order valence-corrected chi connectivity index (χ4v) is 3.86. The maximum atomic E-state index is 12.7. The summed E-state index contributed by atoms with van der Waals surface area (Å²) in [6.45, 7) is 4.64. The lowest BCUT2D eigenvalue weighted by atomic mass is 10.2. The normalized spacial score (nSPS) is 21.0. The second kappa shape index (κ2) is 9.92. The molecule has 0 radical (unpaired) electrons. The van der Waals surface area contributed by atoms with Gasteiger partial charge in [-0.25, -0.2) is 4.98 Å². The smallest absolute Gasteiger partial charge is 0.294 e. The fraction of sp³-hybridized carbons (Fsp3) is 0.600. The van der Waals surface area contributed by atoms with Gasteiger partial charge in [-0.2, -0.15) is 0 Å². The molecule has 0 aromatic carbocycles. The number of likely N-dealkylation sites (tertiary alicyclic amines) is 1. The lowest BCUT2D eigenvalue weighted by molar-refractivity contribution is -0.128. The fourth-order valence-electron chi connectivity index (χ4n) is 3.86. The molecule has 2 unspecified atom stereocenters. The molecule has 1 amide bonds. The van der Waals surface area contributed by atoms with E-state index >= 15 is 0 Å². The number of ether oxygens (including phenoxy) is 1. The van der Waals surface area contributed by atoms with Crippen LogP contribution in [-0.4, -0.2) is 82.5 Å². The number of rotatable bonds is 11. The third-order valence-electron chi connectivity index (χ3n) is 5.60. The zero-order chi connectivity index (χ0) is 22.5. The van der Waals surface area contributed by atoms with Crippen LogP contribution in [0.4, 0.5) is 5.82 Å². The van der Waals surface area contributed by atoms with Crippen molar-refractivity contribution in [3.8, 4) is 0 Å². The summed E-state index contributed by atoms with van der Waals surface area (Å²) in [7, 11) is 0. The van der Waals surface area contributed by atoms with Crippen molar-refractivity contribution in [2.45, 2.75) is 44.9 Å². The van der Waals surface area contributed by atoms with Crippen LogP contribution >= 0.6 is 0 Å². The van der Waals surface area contributed by atoms with Gasteiger partial charge in [0.1, 0.15) is 6.04 Å². The number of anilines is 1. The van der Waals surface area contributed by atoms with Gasteiger partial charge < -0.3 is 26.2 Å². The Bertz CT molecular complexity index is 928. The minimum atomic E-state index is -0.804. The zero-order valence-electron chi connectivity index (χ0n) is 17.8. The van der Waals surface area contributed by atoms with E-state index in [-0.39, 0.29) is 54.8 Å². The van der Waals surface area contributed by atoms with Crippen LogP contribution in [0, 0.1) is 5.41 Å². The third-order valence-corrected chi connectivity index (χ3v) is 5.60. The van der Waals surface area contributed by atoms with Gasteiger partial charge in [0.2, 0.25) is 5.91 Å². The number of Topliss-reactive ketones (excluding diaryl/α,β-unsaturated/α-hetero) is 1. The Morgan fingerprint density at radius 3 is 2.81 bits per heavy atom. The predicted octanol–water partition coefficient (Wildman–Crippen LogP) is -0.185. The van der Waals surface area contributed by atoms with Crippen LogP contribution in [0.2, 0.25) is 0 Å². The van der Waals surface area contributed by atoms with E-state index in [1.807, 2.05) is 0 Å². The molecular weight excluding hydrogens is 402 g/mol. The average molecular weight is 430 g/mol. The first-order valence-corrected chi connectivity index (χ1v) is 10.4. The van der Waals surface area contributed by atoms with Gasteiger partial charge in [0.15, 0.2) is 11.6 Å². The van der Waals surface area contributed by atoms with Crippen molar-refractivity contribution in [3.63, 3.8) is 0 Å². The molecule has 0 spiro atoms. The molecule has 2 saturated heterocycles. The van der Waals surface area contributed by atoms with Gasteiger partial charge in [-0.1, -0.05) is 6.92 Å². The molecule has 2 fully saturated rings. The van der Waals surface area contributed by atoms with Gasteiger partial charge in [-0.05, 0) is 19.8 Å². The Morgan fingerprint density at radius 1 is 1.42 bits per heavy atom. The average Bonchev–Trinajstić information content (AvgIpc) is 3.36. The molecule has 2 bridgehead atoms. The SMILES string of the molecule is CC[C@@H](C(=O)NCC(=O)CN1CC2CC1CO2)n1ccnc(NCC(=[N-])C(C)=N)c1=O. The number of carbonyl (C=O) groups is 2. The van der Waals surface area contributed by atoms with Crippen molar-refractivity contribution in [1.29, 1.82) is 5.41 Å². The van der Waals surface area contributed by atoms with Gasteiger partial charge in [-0.15, -0.1) is 5.71 Å². The van der Waals surface area contributed by atoms with Crippen LogP contribution in [0.5, 0.6) is 0 Å². The van der Waals surface area contributed by atoms with Crippen molar-refractivity contribution < 1.29 is 14.3 Å². The summed E-state index contributed by atoms with van der Waals surface area (Å²) in [5.41, 5.74) is -0.759. The van der Waals surface area contributed by atoms with Gasteiger partial charge in [0.25, 0.3) is 5.56 Å². The van der Waals surface area contributed by atoms with Crippen molar-refractivity contribution >= 4 is 28.9 Å². The first kappa shape index (κ1) is 22.8. The predicted molar refractivity (Wildman–Crippen MR) is 116 cm³/mol. The number of fused-ring (bicyclic) bond motifs is 2. The summed E-state index contributed by atoms with van der Waals surface area (Å²) in [6.07, 6.45) is 4.29. The maximum absolute atomic E-state index is 12.7. The number of carbonyl (C=O) groups excluding carboxylic acids is 2. The number of aromatic nitrogens is 2. The summed E-state index contributed by atoms with van der Waals surface area (Å²) in [5.74, 6) is -0.553. The Kier molecular flexibility index (Phi) is 7.29. The van der Waals surface area contributed by atoms with E-state index in [0.717, 1.165) is 13.0 Å². The summed E-state index contributed by atoms with van der Waals surface area (Å²) in [4.78, 5) is 43.8. The molecule has 3 N–H and O–H groups in total. The largest absolute Gasteiger partial charge is 0.805 e. The Morgan fingerprint density at radius 2 is 2.19 bits per heavy atom. The summed E-state index contributed by atoms with van der Waals surface area (Å²) in [6, 6.07) is -0.524. The van der Waals surface area contributed by atoms with E-state index in [0.29, 0.717) is 13.0 Å². The molecule has 1 aromatic rings. The summed E-state index contributed by atoms with van der Waals surface area (Å²) in [5, 5.41) is 22.3. The van der Waals surface area contributed by atoms with Crippen molar-refractivity contribution in [3.05, 3.63) is 28.2 Å². The van der Waals surface area contributed by atoms with Crippen LogP contribution in [-0.2, 0) is 14.3 Å². The Hall–Kier alpha value is -2.92. The number of nitrogens with zero attached hydrogens (tertiary/aromatic N) is 4. The topological polar surface area (TPSA) is 152 Å². The van der Waals surface area contributed by atoms with E-state index < -0.39 is 17.5 Å². The molecule has 1 aromatic heterocycles. The number of ketones is 1. The highest BCUT2D eigenvalue weighted by molar-refractivity contribution is 6.42. The van der Waals surface area contributed by atoms with E-state index in [9.17, 15) is 19.8 Å². The second-order valence-corrected chi connectivity index (χ2v) is 7.87. The molecule has 2 aliphatic heterocycles. The molecule has 0 aliphatic carbocycles. The molecule has 0 saturated carbocycles. The maximum Gasteiger partial charge on any atom is 0.294 e. The van der Waals surface area contributed by atoms with Crippen LogP contribution in [0.25, 0.3) is 5.41 Å². The van der Waals surface area contributed by atoms with Gasteiger partial charge >= 0.3 is 0 Å². The molecule has 11 heteroatoms. The van der Waals surface area contributed by atoms with Crippen molar-refractivity contribution in [2.75, 3.05) is 38.1 Å². The first-order chi connectivity index (χ1) is 14.8. The number of hydrogen-bond acceptors (Lipinski definition) is 8. The zero-order valence-corrected chi connectivity index (χ0v) is 17.8. The summed E-state index contributed by atoms with van der Waals surface area (Å²) >= 11 is 0. The monoisotopic (exact) mass is 430 g/mol. The molecule has 168 valence electrons. The van der Waals surface area contributed by atoms with Gasteiger partial charge in [-0.3, -0.25) is 23.9 Å². The molecule has 11 nitrogen and oxygen atoms in total. The van der Waals surface area contributed by atoms with E-state index in [1.165, 1.54) is 23.9 Å². The van der Waals surface area contributed by atoms with Gasteiger partial charge in [0.05, 0.1) is 25.8 Å². The minimum Gasteiger partial charge on any atom is -0.805 e. The molecular formula is C20H28N7O4-. The highest BCUT2D eigenvalue weighted by atomic mass is 16.5. The molecule has 3 heterocycles. The molecule has 3 rings (SSSR count). The van der Waals surface area contributed by atoms with Crippen LogP contribution in [0.15, 0.2) is 17.2 Å². The van der Waals surface area contributed by atoms with Crippen LogP contribution < -0.4 is 16.2 Å². The van der Waals surface area contributed by atoms with E-state index in [2.05, 4.69) is 20.5 Å². The van der Waals surface area contributed by atoms with E-state index in [4.69, 9.17) is 10.1 Å². The highest BCUT2D eigenvalue weighted by Gasteiger charge is 2.39. The number of morpholine rings is 1. The van der Waals surface area contributed by atoms with Crippen LogP contribution in [0.1, 0.15) is 32.7 Å². The number of hydrogen-bond donors (Lipinski definition) is 3. The standard InChI is InChI=1S/C20H28N7O4/c1-3-17(27-5-4-23-18(20(27)30)24-8-16(22)12(2)21)19(29)25-7-14(28)9-26-10-15-6-13(26)11-31-15/h4-5,13,15,17,21H,3,6-11H2,1-2H3,(H,23,24)(H,25,29)/q-1/t13?,15?,17-/m0/s1. The van der Waals surface area contributed by atoms with Crippen molar-refractivity contribution in [2.24, 2.45) is 0 Å². The lowest BCUT2D eigenvalue weighted by Crippen LogP contribution is -2.44. The highest BCUT2D eigenvalue weighted by Crippen LogP contribution is 2.27. The molecule has 2 aliphatic rings. The van der Waals surface area contributed by atoms with Crippen molar-refractivity contribution in [1.82, 2.24) is 19.8 Å². The number of nitrogens with one attached hydrogen (secondary N) is 3. The third kappa shape index (κ3) is 5.42. The minimum absolute atomic E-state index is 0.0199. The first-order valence-electron chi connectivity index (χ1n) is 10.4. The quantitative estimate of drug-likeness (QED) is 0.412. The number of amides is 1. The lowest BCUT2D eigenvalue weighted by Gasteiger charge is -2.26. The van der Waals surface area contributed by atoms with Gasteiger partial charge in [0, 0.05) is 37.2 Å². The summed E-state index contributed by atoms with van der Waals surface area (Å²) < 4.78 is 6.78. The van der Waals surface area contributed by atoms with Crippen LogP contribution in [0.3, 0.4) is 0 Å². The van der Waals surface area contributed by atoms with E-state index in [1.54, 1.807) is 6.92 Å². The Labute approximate surface area is 180 Å².